The Labute approximate surface area is 74.5 Å². The summed E-state index contributed by atoms with van der Waals surface area (Å²) in [6.07, 6.45) is 0. The van der Waals surface area contributed by atoms with Crippen LogP contribution in [0.2, 0.25) is 0 Å². The second-order valence-electron chi connectivity index (χ2n) is 1.76. The van der Waals surface area contributed by atoms with E-state index in [1.165, 1.54) is 0 Å². The fourth-order valence-electron chi connectivity index (χ4n) is 0.321. The maximum absolute atomic E-state index is 12.7. The molecule has 13 heavy (non-hydrogen) atoms. The van der Waals surface area contributed by atoms with Crippen LogP contribution in [0, 0.1) is 20.2 Å². The molecule has 0 aliphatic carbocycles. The van der Waals surface area contributed by atoms with E-state index in [4.69, 9.17) is 0 Å². The van der Waals surface area contributed by atoms with Gasteiger partial charge in [-0.15, -0.1) is 0 Å². The molecule has 0 amide bonds. The molecule has 0 spiro atoms. The Bertz CT molecular complexity index is 242. The van der Waals surface area contributed by atoms with Gasteiger partial charge in [0.2, 0.25) is 0 Å². The zero-order valence-electron chi connectivity index (χ0n) is 5.81. The van der Waals surface area contributed by atoms with Crippen molar-refractivity contribution < 1.29 is 23.8 Å². The van der Waals surface area contributed by atoms with Gasteiger partial charge in [-0.2, -0.15) is 0 Å². The average molecular weight is 217 g/mol. The van der Waals surface area contributed by atoms with Gasteiger partial charge in [0.25, 0.3) is 6.61 Å². The monoisotopic (exact) mass is 216 g/mol. The van der Waals surface area contributed by atoms with Crippen molar-refractivity contribution in [2.45, 2.75) is 5.92 Å². The van der Waals surface area contributed by atoms with Crippen LogP contribution in [0.5, 0.6) is 0 Å². The average Bonchev–Trinajstić information content (AvgIpc) is 1.99. The second-order valence-corrected chi connectivity index (χ2v) is 2.07. The molecule has 0 saturated heterocycles. The van der Waals surface area contributed by atoms with Gasteiger partial charge < -0.3 is 4.74 Å². The first-order valence-electron chi connectivity index (χ1n) is 2.61. The van der Waals surface area contributed by atoms with E-state index in [0.717, 1.165) is 0 Å². The Balaban J connectivity index is 4.52. The zero-order valence-corrected chi connectivity index (χ0v) is 6.56. The summed E-state index contributed by atoms with van der Waals surface area (Å²) in [7, 11) is 0. The second kappa shape index (κ2) is 3.94. The molecule has 0 bridgehead atoms. The summed E-state index contributed by atoms with van der Waals surface area (Å²) in [4.78, 5) is 25.9. The number of alkyl halides is 1. The Morgan fingerprint density at radius 2 is 1.85 bits per heavy atom. The molecule has 0 aromatic heterocycles. The maximum atomic E-state index is 12.7. The lowest BCUT2D eigenvalue weighted by molar-refractivity contribution is -0.832. The Hall–Kier alpha value is -1.51. The van der Waals surface area contributed by atoms with Gasteiger partial charge in [0.15, 0.2) is 0 Å². The highest BCUT2D eigenvalue weighted by Crippen LogP contribution is 2.13. The third-order valence-corrected chi connectivity index (χ3v) is 1.04. The fourth-order valence-corrected chi connectivity index (χ4v) is 0.375. The Kier molecular flexibility index (Phi) is 3.48. The van der Waals surface area contributed by atoms with Crippen LogP contribution in [-0.4, -0.2) is 27.8 Å². The van der Waals surface area contributed by atoms with E-state index in [0.29, 0.717) is 0 Å². The molecule has 0 unspecified atom stereocenters. The minimum absolute atomic E-state index is 1.56. The lowest BCUT2D eigenvalue weighted by Crippen LogP contribution is -2.46. The highest BCUT2D eigenvalue weighted by atomic mass is 35.5. The van der Waals surface area contributed by atoms with Gasteiger partial charge >= 0.3 is 11.3 Å². The predicted octanol–water partition coefficient (Wildman–Crippen LogP) is 0.538. The summed E-state index contributed by atoms with van der Waals surface area (Å²) in [6, 6.07) is 0. The largest absolute Gasteiger partial charge is 0.648 e. The number of hydrogen-bond acceptors (Lipinski definition) is 6. The van der Waals surface area contributed by atoms with Gasteiger partial charge in [0.05, 0.1) is 0 Å². The van der Waals surface area contributed by atoms with Gasteiger partial charge in [-0.25, -0.2) is 4.79 Å². The van der Waals surface area contributed by atoms with E-state index >= 15 is 0 Å². The van der Waals surface area contributed by atoms with Crippen LogP contribution in [-0.2, 0) is 4.74 Å². The maximum Gasteiger partial charge on any atom is 0.648 e. The quantitative estimate of drug-likeness (QED) is 0.223. The van der Waals surface area contributed by atoms with Crippen LogP contribution >= 0.6 is 11.6 Å². The first-order chi connectivity index (χ1) is 5.80. The van der Waals surface area contributed by atoms with Crippen LogP contribution in [0.25, 0.3) is 0 Å². The number of nitro groups is 2. The standard InChI is InChI=1S/C3H2ClFN2O6/c4-2(8)13-1-3(5,6(9)10)7(11)12/h1H2. The first-order valence-corrected chi connectivity index (χ1v) is 2.98. The minimum Gasteiger partial charge on any atom is -0.434 e. The van der Waals surface area contributed by atoms with Gasteiger partial charge in [-0.3, -0.25) is 20.2 Å². The lowest BCUT2D eigenvalue weighted by Gasteiger charge is -2.06. The van der Waals surface area contributed by atoms with E-state index < -0.39 is 27.8 Å². The highest BCUT2D eigenvalue weighted by molar-refractivity contribution is 6.61. The van der Waals surface area contributed by atoms with Crippen LogP contribution in [0.1, 0.15) is 0 Å². The zero-order chi connectivity index (χ0) is 10.6. The van der Waals surface area contributed by atoms with Crippen molar-refractivity contribution in [2.75, 3.05) is 6.61 Å². The molecule has 0 atom stereocenters. The molecule has 74 valence electrons. The molecule has 0 aromatic rings. The van der Waals surface area contributed by atoms with Crippen LogP contribution in [0.4, 0.5) is 9.18 Å². The number of carbonyl (C=O) groups excluding carboxylic acids is 1. The van der Waals surface area contributed by atoms with Crippen molar-refractivity contribution in [3.8, 4) is 0 Å². The Morgan fingerprint density at radius 3 is 2.08 bits per heavy atom. The number of carbonyl (C=O) groups is 1. The van der Waals surface area contributed by atoms with Gasteiger partial charge in [0.1, 0.15) is 9.85 Å². The topological polar surface area (TPSA) is 113 Å². The SMILES string of the molecule is O=C(Cl)OCC(F)([N+](=O)[O-])[N+](=O)[O-]. The van der Waals surface area contributed by atoms with Crippen molar-refractivity contribution in [2.24, 2.45) is 0 Å². The first kappa shape index (κ1) is 11.5. The Morgan fingerprint density at radius 1 is 1.46 bits per heavy atom. The summed E-state index contributed by atoms with van der Waals surface area (Å²) in [5.74, 6) is -4.05. The number of hydrogen-bond donors (Lipinski definition) is 0. The number of rotatable bonds is 4. The van der Waals surface area contributed by atoms with Crippen LogP contribution in [0.15, 0.2) is 0 Å². The van der Waals surface area contributed by atoms with Gasteiger partial charge in [-0.05, 0) is 0 Å². The molecule has 0 aromatic carbocycles. The smallest absolute Gasteiger partial charge is 0.434 e. The fraction of sp³-hybridized carbons (Fsp3) is 0.667. The minimum atomic E-state index is -4.05. The van der Waals surface area contributed by atoms with E-state index in [-0.39, 0.29) is 0 Å². The van der Waals surface area contributed by atoms with Crippen molar-refractivity contribution in [1.82, 2.24) is 0 Å². The molecule has 0 heterocycles. The number of nitrogens with zero attached hydrogens (tertiary/aromatic N) is 2. The molecule has 8 nitrogen and oxygen atoms in total. The molecule has 0 rings (SSSR count). The van der Waals surface area contributed by atoms with Crippen molar-refractivity contribution in [3.05, 3.63) is 20.2 Å². The summed E-state index contributed by atoms with van der Waals surface area (Å²) in [5, 5.41) is 19.7. The predicted molar refractivity (Wildman–Crippen MR) is 35.0 cm³/mol. The van der Waals surface area contributed by atoms with E-state index in [9.17, 15) is 29.4 Å². The third kappa shape index (κ3) is 2.78. The van der Waals surface area contributed by atoms with E-state index in [1.807, 2.05) is 0 Å². The van der Waals surface area contributed by atoms with E-state index in [1.54, 1.807) is 0 Å². The summed E-state index contributed by atoms with van der Waals surface area (Å²) in [6.45, 7) is -1.67. The summed E-state index contributed by atoms with van der Waals surface area (Å²) >= 11 is 4.52. The normalized spacial score (nSPS) is 10.6. The number of halogens is 2. The van der Waals surface area contributed by atoms with Crippen molar-refractivity contribution in [3.63, 3.8) is 0 Å². The molecular formula is C3H2ClFN2O6. The van der Waals surface area contributed by atoms with Crippen LogP contribution in [0.3, 0.4) is 0 Å². The summed E-state index contributed by atoms with van der Waals surface area (Å²) < 4.78 is 16.3. The summed E-state index contributed by atoms with van der Waals surface area (Å²) in [5.41, 5.74) is -1.56. The van der Waals surface area contributed by atoms with Crippen molar-refractivity contribution in [1.29, 1.82) is 0 Å². The van der Waals surface area contributed by atoms with Crippen LogP contribution < -0.4 is 0 Å². The lowest BCUT2D eigenvalue weighted by atomic mass is 10.5. The molecule has 0 aliphatic heterocycles. The third-order valence-electron chi connectivity index (χ3n) is 0.929. The highest BCUT2D eigenvalue weighted by Gasteiger charge is 2.59. The molecule has 0 aliphatic rings. The van der Waals surface area contributed by atoms with Gasteiger partial charge in [-0.1, -0.05) is 4.39 Å². The molecule has 0 N–H and O–H groups in total. The van der Waals surface area contributed by atoms with Gasteiger partial charge in [0, 0.05) is 11.6 Å². The number of ether oxygens (including phenoxy) is 1. The molecule has 10 heteroatoms. The molecular weight excluding hydrogens is 214 g/mol. The van der Waals surface area contributed by atoms with Crippen molar-refractivity contribution >= 4 is 17.0 Å². The molecule has 0 saturated carbocycles. The van der Waals surface area contributed by atoms with E-state index in [2.05, 4.69) is 16.3 Å². The molecule has 0 fully saturated rings. The molecule has 0 radical (unpaired) electrons.